The highest BCUT2D eigenvalue weighted by atomic mass is 16.5. The Morgan fingerprint density at radius 3 is 2.50 bits per heavy atom. The van der Waals surface area contributed by atoms with E-state index in [2.05, 4.69) is 64.2 Å². The summed E-state index contributed by atoms with van der Waals surface area (Å²) in [5, 5.41) is 3.80. The molecule has 1 N–H and O–H groups in total. The average Bonchev–Trinajstić information content (AvgIpc) is 2.56. The summed E-state index contributed by atoms with van der Waals surface area (Å²) in [6.07, 6.45) is 2.30. The van der Waals surface area contributed by atoms with Gasteiger partial charge in [-0.3, -0.25) is 0 Å². The number of rotatable bonds is 1. The molecule has 2 aliphatic heterocycles. The van der Waals surface area contributed by atoms with Gasteiger partial charge in [-0.1, -0.05) is 25.1 Å². The van der Waals surface area contributed by atoms with Crippen molar-refractivity contribution in [2.24, 2.45) is 11.8 Å². The van der Waals surface area contributed by atoms with E-state index in [1.807, 2.05) is 0 Å². The number of ether oxygens (including phenoxy) is 1. The maximum Gasteiger partial charge on any atom is 0.0682 e. The molecule has 0 spiro atoms. The summed E-state index contributed by atoms with van der Waals surface area (Å²) in [4.78, 5) is 0. The fourth-order valence-electron chi connectivity index (χ4n) is 4.30. The van der Waals surface area contributed by atoms with Crippen LogP contribution in [0.4, 0.5) is 5.69 Å². The Morgan fingerprint density at radius 2 is 1.85 bits per heavy atom. The van der Waals surface area contributed by atoms with Crippen LogP contribution in [0.1, 0.15) is 46.6 Å². The van der Waals surface area contributed by atoms with Crippen LogP contribution in [0.25, 0.3) is 0 Å². The van der Waals surface area contributed by atoms with Crippen LogP contribution in [0.2, 0.25) is 0 Å². The number of hydrogen-bond acceptors (Lipinski definition) is 2. The molecule has 0 aromatic heterocycles. The van der Waals surface area contributed by atoms with E-state index in [9.17, 15) is 0 Å². The first-order chi connectivity index (χ1) is 9.28. The second-order valence-electron chi connectivity index (χ2n) is 7.78. The van der Waals surface area contributed by atoms with E-state index >= 15 is 0 Å². The van der Waals surface area contributed by atoms with Gasteiger partial charge >= 0.3 is 0 Å². The first-order valence-corrected chi connectivity index (χ1v) is 7.83. The number of para-hydroxylation sites is 1. The first kappa shape index (κ1) is 13.9. The Balaban J connectivity index is 1.88. The van der Waals surface area contributed by atoms with Gasteiger partial charge in [-0.15, -0.1) is 0 Å². The minimum Gasteiger partial charge on any atom is -0.381 e. The second-order valence-corrected chi connectivity index (χ2v) is 7.78. The Hall–Kier alpha value is -1.02. The van der Waals surface area contributed by atoms with Crippen LogP contribution in [0.5, 0.6) is 0 Å². The molecule has 2 heteroatoms. The van der Waals surface area contributed by atoms with E-state index in [1.165, 1.54) is 17.7 Å². The smallest absolute Gasteiger partial charge is 0.0682 e. The van der Waals surface area contributed by atoms with Crippen LogP contribution in [-0.2, 0) is 11.2 Å². The van der Waals surface area contributed by atoms with Gasteiger partial charge in [0.25, 0.3) is 0 Å². The molecule has 2 nitrogen and oxygen atoms in total. The van der Waals surface area contributed by atoms with Crippen LogP contribution in [0, 0.1) is 11.8 Å². The van der Waals surface area contributed by atoms with Gasteiger partial charge in [0, 0.05) is 17.6 Å². The van der Waals surface area contributed by atoms with Gasteiger partial charge in [0.1, 0.15) is 0 Å². The molecule has 1 aromatic rings. The fraction of sp³-hybridized carbons (Fsp3) is 0.667. The van der Waals surface area contributed by atoms with Gasteiger partial charge < -0.3 is 10.1 Å². The summed E-state index contributed by atoms with van der Waals surface area (Å²) in [6.45, 7) is 11.3. The molecule has 1 aromatic carbocycles. The quantitative estimate of drug-likeness (QED) is 0.825. The summed E-state index contributed by atoms with van der Waals surface area (Å²) in [5.74, 6) is 1.20. The normalized spacial score (nSPS) is 34.4. The molecule has 1 saturated heterocycles. The van der Waals surface area contributed by atoms with Gasteiger partial charge in [-0.05, 0) is 58.1 Å². The Morgan fingerprint density at radius 1 is 1.15 bits per heavy atom. The molecule has 3 atom stereocenters. The van der Waals surface area contributed by atoms with Crippen molar-refractivity contribution in [2.45, 2.75) is 64.7 Å². The third kappa shape index (κ3) is 2.35. The number of benzene rings is 1. The third-order valence-corrected chi connectivity index (χ3v) is 5.07. The van der Waals surface area contributed by atoms with E-state index in [0.717, 1.165) is 6.42 Å². The van der Waals surface area contributed by atoms with Crippen LogP contribution in [-0.4, -0.2) is 17.2 Å². The number of anilines is 1. The second kappa shape index (κ2) is 4.49. The fourth-order valence-corrected chi connectivity index (χ4v) is 4.30. The van der Waals surface area contributed by atoms with Crippen molar-refractivity contribution in [3.05, 3.63) is 29.8 Å². The van der Waals surface area contributed by atoms with Crippen molar-refractivity contribution in [1.29, 1.82) is 0 Å². The number of fused-ring (bicyclic) bond motifs is 1. The minimum atomic E-state index is -0.0539. The highest BCUT2D eigenvalue weighted by Gasteiger charge is 2.50. The van der Waals surface area contributed by atoms with Crippen LogP contribution in [0.15, 0.2) is 24.3 Å². The van der Waals surface area contributed by atoms with Crippen molar-refractivity contribution in [1.82, 2.24) is 0 Å². The SMILES string of the molecule is CC1Cc2ccccc2NC1C1CC(C)(C)OC1(C)C. The molecule has 1 fully saturated rings. The molecule has 0 amide bonds. The predicted molar refractivity (Wildman–Crippen MR) is 84.1 cm³/mol. The van der Waals surface area contributed by atoms with Crippen LogP contribution >= 0.6 is 0 Å². The third-order valence-electron chi connectivity index (χ3n) is 5.07. The topological polar surface area (TPSA) is 21.3 Å². The minimum absolute atomic E-state index is 0.00741. The summed E-state index contributed by atoms with van der Waals surface area (Å²) >= 11 is 0. The Labute approximate surface area is 122 Å². The van der Waals surface area contributed by atoms with Gasteiger partial charge in [-0.2, -0.15) is 0 Å². The molecular weight excluding hydrogens is 246 g/mol. The van der Waals surface area contributed by atoms with E-state index in [4.69, 9.17) is 4.74 Å². The zero-order valence-corrected chi connectivity index (χ0v) is 13.4. The Bertz CT molecular complexity index is 506. The molecule has 3 rings (SSSR count). The maximum atomic E-state index is 6.30. The lowest BCUT2D eigenvalue weighted by Crippen LogP contribution is -2.46. The molecule has 3 unspecified atom stereocenters. The largest absolute Gasteiger partial charge is 0.381 e. The van der Waals surface area contributed by atoms with E-state index in [-0.39, 0.29) is 11.2 Å². The summed E-state index contributed by atoms with van der Waals surface area (Å²) in [7, 11) is 0. The molecule has 110 valence electrons. The predicted octanol–water partition coefficient (Wildman–Crippen LogP) is 4.25. The van der Waals surface area contributed by atoms with E-state index < -0.39 is 0 Å². The monoisotopic (exact) mass is 273 g/mol. The van der Waals surface area contributed by atoms with Crippen molar-refractivity contribution < 1.29 is 4.74 Å². The van der Waals surface area contributed by atoms with Gasteiger partial charge in [-0.25, -0.2) is 0 Å². The average molecular weight is 273 g/mol. The molecule has 0 bridgehead atoms. The van der Waals surface area contributed by atoms with E-state index in [1.54, 1.807) is 0 Å². The Kier molecular flexibility index (Phi) is 3.13. The first-order valence-electron chi connectivity index (χ1n) is 7.83. The van der Waals surface area contributed by atoms with Crippen LogP contribution in [0.3, 0.4) is 0 Å². The molecule has 0 radical (unpaired) electrons. The summed E-state index contributed by atoms with van der Waals surface area (Å²) in [5.41, 5.74) is 2.71. The zero-order valence-electron chi connectivity index (χ0n) is 13.4. The highest BCUT2D eigenvalue weighted by molar-refractivity contribution is 5.54. The maximum absolute atomic E-state index is 6.30. The lowest BCUT2D eigenvalue weighted by Gasteiger charge is -2.40. The van der Waals surface area contributed by atoms with Gasteiger partial charge in [0.05, 0.1) is 11.2 Å². The molecule has 20 heavy (non-hydrogen) atoms. The van der Waals surface area contributed by atoms with Crippen molar-refractivity contribution in [2.75, 3.05) is 5.32 Å². The molecule has 2 aliphatic rings. The molecule has 0 aliphatic carbocycles. The summed E-state index contributed by atoms with van der Waals surface area (Å²) in [6, 6.07) is 9.22. The standard InChI is InChI=1S/C18H27NO/c1-12-10-13-8-6-7-9-15(13)19-16(12)14-11-17(2,3)20-18(14,4)5/h6-9,12,14,16,19H,10-11H2,1-5H3. The molecular formula is C18H27NO. The van der Waals surface area contributed by atoms with E-state index in [0.29, 0.717) is 17.9 Å². The molecule has 2 heterocycles. The van der Waals surface area contributed by atoms with Crippen LogP contribution < -0.4 is 5.32 Å². The lowest BCUT2D eigenvalue weighted by atomic mass is 9.73. The lowest BCUT2D eigenvalue weighted by molar-refractivity contribution is -0.0774. The zero-order chi connectivity index (χ0) is 14.5. The van der Waals surface area contributed by atoms with Gasteiger partial charge in [0.2, 0.25) is 0 Å². The van der Waals surface area contributed by atoms with Gasteiger partial charge in [0.15, 0.2) is 0 Å². The number of nitrogens with one attached hydrogen (secondary N) is 1. The highest BCUT2D eigenvalue weighted by Crippen LogP contribution is 2.47. The summed E-state index contributed by atoms with van der Waals surface area (Å²) < 4.78 is 6.30. The van der Waals surface area contributed by atoms with Crippen molar-refractivity contribution in [3.8, 4) is 0 Å². The number of hydrogen-bond donors (Lipinski definition) is 1. The molecule has 0 saturated carbocycles. The van der Waals surface area contributed by atoms with Crippen molar-refractivity contribution in [3.63, 3.8) is 0 Å². The van der Waals surface area contributed by atoms with Crippen molar-refractivity contribution >= 4 is 5.69 Å².